The summed E-state index contributed by atoms with van der Waals surface area (Å²) in [4.78, 5) is 16.9. The molecule has 0 fully saturated rings. The number of amides is 1. The molecule has 2 aromatic heterocycles. The number of hydrogen-bond acceptors (Lipinski definition) is 4. The summed E-state index contributed by atoms with van der Waals surface area (Å²) in [6.07, 6.45) is 8.33. The van der Waals surface area contributed by atoms with Gasteiger partial charge in [0.15, 0.2) is 5.13 Å². The zero-order chi connectivity index (χ0) is 17.2. The van der Waals surface area contributed by atoms with E-state index in [2.05, 4.69) is 33.6 Å². The van der Waals surface area contributed by atoms with Crippen LogP contribution in [-0.2, 0) is 17.6 Å². The highest BCUT2D eigenvalue weighted by Crippen LogP contribution is 2.29. The van der Waals surface area contributed by atoms with Gasteiger partial charge in [-0.25, -0.2) is 4.98 Å². The van der Waals surface area contributed by atoms with Crippen LogP contribution in [0.4, 0.5) is 5.13 Å². The molecule has 0 saturated carbocycles. The third-order valence-electron chi connectivity index (χ3n) is 4.68. The smallest absolute Gasteiger partial charge is 0.250 e. The quantitative estimate of drug-likeness (QED) is 0.769. The van der Waals surface area contributed by atoms with Gasteiger partial charge < -0.3 is 5.32 Å². The fraction of sp³-hybridized carbons (Fsp3) is 0.316. The topological polar surface area (TPSA) is 59.8 Å². The van der Waals surface area contributed by atoms with Crippen molar-refractivity contribution in [2.24, 2.45) is 0 Å². The van der Waals surface area contributed by atoms with E-state index < -0.39 is 0 Å². The Bertz CT molecular complexity index is 885. The zero-order valence-electron chi connectivity index (χ0n) is 14.1. The maximum absolute atomic E-state index is 12.3. The maximum atomic E-state index is 12.3. The third-order valence-corrected chi connectivity index (χ3v) is 5.44. The molecule has 1 aliphatic carbocycles. The summed E-state index contributed by atoms with van der Waals surface area (Å²) >= 11 is 1.45. The molecular weight excluding hydrogens is 332 g/mol. The molecule has 2 heterocycles. The molecule has 1 atom stereocenters. The summed E-state index contributed by atoms with van der Waals surface area (Å²) in [7, 11) is 0. The van der Waals surface area contributed by atoms with Gasteiger partial charge in [-0.2, -0.15) is 5.10 Å². The van der Waals surface area contributed by atoms with Crippen LogP contribution >= 0.6 is 11.3 Å². The van der Waals surface area contributed by atoms with Gasteiger partial charge in [0.1, 0.15) is 6.04 Å². The number of benzene rings is 1. The van der Waals surface area contributed by atoms with Crippen molar-refractivity contribution < 1.29 is 4.79 Å². The monoisotopic (exact) mass is 352 g/mol. The van der Waals surface area contributed by atoms with Crippen molar-refractivity contribution in [2.75, 3.05) is 5.32 Å². The normalized spacial score (nSPS) is 14.8. The van der Waals surface area contributed by atoms with E-state index in [9.17, 15) is 4.79 Å². The molecule has 0 radical (unpaired) electrons. The lowest BCUT2D eigenvalue weighted by atomic mass is 9.90. The van der Waals surface area contributed by atoms with Crippen LogP contribution in [0.15, 0.2) is 42.0 Å². The van der Waals surface area contributed by atoms with Crippen LogP contribution in [0.25, 0.3) is 11.3 Å². The number of nitrogens with zero attached hydrogens (tertiary/aromatic N) is 3. The van der Waals surface area contributed by atoms with Gasteiger partial charge >= 0.3 is 0 Å². The van der Waals surface area contributed by atoms with E-state index in [0.717, 1.165) is 17.7 Å². The van der Waals surface area contributed by atoms with Crippen LogP contribution in [0.5, 0.6) is 0 Å². The van der Waals surface area contributed by atoms with Crippen LogP contribution in [0.2, 0.25) is 0 Å². The third kappa shape index (κ3) is 3.35. The van der Waals surface area contributed by atoms with Crippen molar-refractivity contribution in [2.45, 2.75) is 38.6 Å². The number of anilines is 1. The molecule has 0 aliphatic heterocycles. The summed E-state index contributed by atoms with van der Waals surface area (Å²) in [5.41, 5.74) is 4.94. The largest absolute Gasteiger partial charge is 0.300 e. The molecule has 0 spiro atoms. The van der Waals surface area contributed by atoms with Crippen LogP contribution in [0, 0.1) is 0 Å². The lowest BCUT2D eigenvalue weighted by molar-refractivity contribution is -0.119. The second-order valence-electron chi connectivity index (χ2n) is 6.38. The molecule has 6 heteroatoms. The van der Waals surface area contributed by atoms with Gasteiger partial charge in [-0.1, -0.05) is 12.1 Å². The molecule has 128 valence electrons. The van der Waals surface area contributed by atoms with Crippen molar-refractivity contribution >= 4 is 22.4 Å². The molecule has 1 amide bonds. The van der Waals surface area contributed by atoms with E-state index in [-0.39, 0.29) is 11.9 Å². The SMILES string of the molecule is CC(C(=O)Nc1nc(-c2ccc3c(c2)CCCC3)cs1)n1cccn1. The minimum absolute atomic E-state index is 0.116. The molecule has 0 bridgehead atoms. The van der Waals surface area contributed by atoms with E-state index >= 15 is 0 Å². The Hall–Kier alpha value is -2.47. The Morgan fingerprint density at radius 2 is 2.12 bits per heavy atom. The lowest BCUT2D eigenvalue weighted by Gasteiger charge is -2.16. The Morgan fingerprint density at radius 1 is 1.28 bits per heavy atom. The molecule has 0 saturated heterocycles. The average Bonchev–Trinajstić information content (AvgIpc) is 3.32. The number of rotatable bonds is 4. The number of nitrogens with one attached hydrogen (secondary N) is 1. The van der Waals surface area contributed by atoms with Gasteiger partial charge in [0.2, 0.25) is 0 Å². The highest BCUT2D eigenvalue weighted by atomic mass is 32.1. The second kappa shape index (κ2) is 6.80. The average molecular weight is 352 g/mol. The highest BCUT2D eigenvalue weighted by molar-refractivity contribution is 7.14. The van der Waals surface area contributed by atoms with Crippen molar-refractivity contribution in [1.29, 1.82) is 0 Å². The predicted molar refractivity (Wildman–Crippen MR) is 99.8 cm³/mol. The number of fused-ring (bicyclic) bond motifs is 1. The molecule has 4 rings (SSSR count). The van der Waals surface area contributed by atoms with Crippen LogP contribution < -0.4 is 5.32 Å². The Labute approximate surface area is 150 Å². The molecular formula is C19H20N4OS. The molecule has 1 aliphatic rings. The summed E-state index contributed by atoms with van der Waals surface area (Å²) in [6.45, 7) is 1.82. The van der Waals surface area contributed by atoms with Gasteiger partial charge in [-0.3, -0.25) is 9.48 Å². The van der Waals surface area contributed by atoms with Gasteiger partial charge in [0.05, 0.1) is 5.69 Å². The number of thiazole rings is 1. The van der Waals surface area contributed by atoms with E-state index in [1.54, 1.807) is 23.1 Å². The first kappa shape index (κ1) is 16.0. The molecule has 3 aromatic rings. The summed E-state index contributed by atoms with van der Waals surface area (Å²) in [5, 5.41) is 9.62. The van der Waals surface area contributed by atoms with Crippen molar-refractivity contribution in [1.82, 2.24) is 14.8 Å². The van der Waals surface area contributed by atoms with Crippen molar-refractivity contribution in [3.05, 3.63) is 53.2 Å². The first-order valence-electron chi connectivity index (χ1n) is 8.58. The minimum atomic E-state index is -0.369. The Kier molecular flexibility index (Phi) is 4.36. The zero-order valence-corrected chi connectivity index (χ0v) is 14.9. The number of aryl methyl sites for hydroxylation is 2. The molecule has 5 nitrogen and oxygen atoms in total. The van der Waals surface area contributed by atoms with Crippen LogP contribution in [-0.4, -0.2) is 20.7 Å². The van der Waals surface area contributed by atoms with E-state index in [1.807, 2.05) is 12.3 Å². The van der Waals surface area contributed by atoms with Gasteiger partial charge in [0.25, 0.3) is 5.91 Å². The molecule has 1 unspecified atom stereocenters. The van der Waals surface area contributed by atoms with E-state index in [0.29, 0.717) is 5.13 Å². The van der Waals surface area contributed by atoms with Gasteiger partial charge in [-0.05, 0) is 55.9 Å². The molecule has 1 aromatic carbocycles. The predicted octanol–water partition coefficient (Wildman–Crippen LogP) is 4.09. The lowest BCUT2D eigenvalue weighted by Crippen LogP contribution is -2.23. The number of carbonyl (C=O) groups excluding carboxylic acids is 1. The van der Waals surface area contributed by atoms with Gasteiger partial charge in [-0.15, -0.1) is 11.3 Å². The molecule has 1 N–H and O–H groups in total. The van der Waals surface area contributed by atoms with Crippen LogP contribution in [0.3, 0.4) is 0 Å². The first-order chi connectivity index (χ1) is 12.2. The summed E-state index contributed by atoms with van der Waals surface area (Å²) < 4.78 is 1.63. The highest BCUT2D eigenvalue weighted by Gasteiger charge is 2.17. The Morgan fingerprint density at radius 3 is 2.92 bits per heavy atom. The standard InChI is InChI=1S/C19H20N4OS/c1-13(23-10-4-9-20-23)18(24)22-19-21-17(12-25-19)16-8-7-14-5-2-3-6-15(14)11-16/h4,7-13H,2-3,5-6H2,1H3,(H,21,22,24). The number of aromatic nitrogens is 3. The van der Waals surface area contributed by atoms with E-state index in [1.165, 1.54) is 41.7 Å². The Balaban J connectivity index is 1.49. The summed E-state index contributed by atoms with van der Waals surface area (Å²) in [6, 6.07) is 8.05. The maximum Gasteiger partial charge on any atom is 0.250 e. The number of hydrogen-bond donors (Lipinski definition) is 1. The van der Waals surface area contributed by atoms with Gasteiger partial charge in [0, 0.05) is 23.3 Å². The molecule has 25 heavy (non-hydrogen) atoms. The first-order valence-corrected chi connectivity index (χ1v) is 9.46. The van der Waals surface area contributed by atoms with Crippen molar-refractivity contribution in [3.8, 4) is 11.3 Å². The fourth-order valence-electron chi connectivity index (χ4n) is 3.20. The minimum Gasteiger partial charge on any atom is -0.300 e. The van der Waals surface area contributed by atoms with Crippen LogP contribution in [0.1, 0.15) is 36.9 Å². The van der Waals surface area contributed by atoms with E-state index in [4.69, 9.17) is 0 Å². The second-order valence-corrected chi connectivity index (χ2v) is 7.24. The fourth-order valence-corrected chi connectivity index (χ4v) is 3.92. The number of carbonyl (C=O) groups is 1. The van der Waals surface area contributed by atoms with Crippen molar-refractivity contribution in [3.63, 3.8) is 0 Å². The summed E-state index contributed by atoms with van der Waals surface area (Å²) in [5.74, 6) is -0.116.